The molecule has 0 saturated carbocycles. The molecule has 1 N–H and O–H groups in total. The van der Waals surface area contributed by atoms with Crippen LogP contribution < -0.4 is 4.74 Å². The molecule has 4 rings (SSSR count). The highest BCUT2D eigenvalue weighted by Gasteiger charge is 2.16. The summed E-state index contributed by atoms with van der Waals surface area (Å²) in [6, 6.07) is 10.9. The maximum atomic E-state index is 10.9. The molecule has 0 aliphatic heterocycles. The van der Waals surface area contributed by atoms with Gasteiger partial charge in [-0.05, 0) is 38.1 Å². The highest BCUT2D eigenvalue weighted by molar-refractivity contribution is 6.32. The lowest BCUT2D eigenvalue weighted by Crippen LogP contribution is -2.05. The number of aryl methyl sites for hydroxylation is 1. The summed E-state index contributed by atoms with van der Waals surface area (Å²) in [5, 5.41) is 18.6. The first-order valence-electron chi connectivity index (χ1n) is 9.39. The molecule has 2 heterocycles. The average molecular weight is 427 g/mol. The predicted octanol–water partition coefficient (Wildman–Crippen LogP) is 4.67. The van der Waals surface area contributed by atoms with Crippen LogP contribution in [0.1, 0.15) is 20.3 Å². The zero-order chi connectivity index (χ0) is 21.3. The van der Waals surface area contributed by atoms with Crippen molar-refractivity contribution < 1.29 is 19.2 Å². The highest BCUT2D eigenvalue weighted by Crippen LogP contribution is 2.32. The molecule has 154 valence electrons. The summed E-state index contributed by atoms with van der Waals surface area (Å²) in [5.74, 6) is 0.458. The normalized spacial score (nSPS) is 11.3. The zero-order valence-corrected chi connectivity index (χ0v) is 17.1. The number of hydrogen-bond donors (Lipinski definition) is 1. The van der Waals surface area contributed by atoms with E-state index in [9.17, 15) is 4.79 Å². The molecule has 2 aromatic heterocycles. The molecule has 2 aromatic carbocycles. The van der Waals surface area contributed by atoms with Gasteiger partial charge in [-0.2, -0.15) is 10.1 Å². The standard InChI is InChI=1S/C21H19ClN4O4/c1-12(2)29-18-7-6-13(10-16(18)22)21-24-20(25-30-21)14-4-3-5-17-15(14)11-23-26(17)9-8-19(27)28/h3-7,10-12H,8-9H2,1-2H3,(H,27,28). The number of benzene rings is 2. The number of carboxylic acid groups (broad SMARTS) is 1. The Balaban J connectivity index is 1.65. The van der Waals surface area contributed by atoms with E-state index in [0.29, 0.717) is 28.1 Å². The van der Waals surface area contributed by atoms with E-state index in [4.69, 9.17) is 26.0 Å². The van der Waals surface area contributed by atoms with Gasteiger partial charge in [-0.25, -0.2) is 0 Å². The largest absolute Gasteiger partial charge is 0.489 e. The molecule has 0 unspecified atom stereocenters. The van der Waals surface area contributed by atoms with Crippen LogP contribution in [0, 0.1) is 0 Å². The first-order valence-corrected chi connectivity index (χ1v) is 9.77. The molecule has 8 nitrogen and oxygen atoms in total. The molecule has 0 fully saturated rings. The Bertz CT molecular complexity index is 1210. The number of nitrogens with zero attached hydrogens (tertiary/aromatic N) is 4. The second-order valence-corrected chi connectivity index (χ2v) is 7.39. The number of carboxylic acids is 1. The molecular formula is C21H19ClN4O4. The quantitative estimate of drug-likeness (QED) is 0.458. The Hall–Kier alpha value is -3.39. The summed E-state index contributed by atoms with van der Waals surface area (Å²) in [5.41, 5.74) is 2.23. The van der Waals surface area contributed by atoms with Crippen LogP contribution in [0.2, 0.25) is 5.02 Å². The average Bonchev–Trinajstić information content (AvgIpc) is 3.34. The summed E-state index contributed by atoms with van der Waals surface area (Å²) in [4.78, 5) is 15.4. The van der Waals surface area contributed by atoms with Crippen molar-refractivity contribution in [2.75, 3.05) is 0 Å². The van der Waals surface area contributed by atoms with Crippen LogP contribution in [0.5, 0.6) is 5.75 Å². The number of aromatic nitrogens is 4. The van der Waals surface area contributed by atoms with Gasteiger partial charge in [0.2, 0.25) is 5.82 Å². The van der Waals surface area contributed by atoms with Crippen molar-refractivity contribution in [2.45, 2.75) is 32.9 Å². The van der Waals surface area contributed by atoms with E-state index in [1.165, 1.54) is 0 Å². The molecule has 0 saturated heterocycles. The topological polar surface area (TPSA) is 103 Å². The van der Waals surface area contributed by atoms with E-state index in [-0.39, 0.29) is 19.1 Å². The van der Waals surface area contributed by atoms with Crippen LogP contribution in [-0.4, -0.2) is 37.1 Å². The Kier molecular flexibility index (Phi) is 5.41. The van der Waals surface area contributed by atoms with E-state index < -0.39 is 5.97 Å². The second-order valence-electron chi connectivity index (χ2n) is 6.98. The lowest BCUT2D eigenvalue weighted by atomic mass is 10.1. The maximum absolute atomic E-state index is 10.9. The number of ether oxygens (including phenoxy) is 1. The summed E-state index contributed by atoms with van der Waals surface area (Å²) < 4.78 is 12.8. The van der Waals surface area contributed by atoms with Gasteiger partial charge < -0.3 is 14.4 Å². The van der Waals surface area contributed by atoms with Crippen molar-refractivity contribution in [3.63, 3.8) is 0 Å². The number of halogens is 1. The van der Waals surface area contributed by atoms with Gasteiger partial charge in [0.25, 0.3) is 5.89 Å². The van der Waals surface area contributed by atoms with Gasteiger partial charge in [-0.15, -0.1) is 0 Å². The van der Waals surface area contributed by atoms with Crippen molar-refractivity contribution in [3.8, 4) is 28.6 Å². The third-order valence-corrected chi connectivity index (χ3v) is 4.73. The molecule has 30 heavy (non-hydrogen) atoms. The van der Waals surface area contributed by atoms with E-state index in [0.717, 1.165) is 16.5 Å². The van der Waals surface area contributed by atoms with Gasteiger partial charge in [0.05, 0.1) is 35.8 Å². The SMILES string of the molecule is CC(C)Oc1ccc(-c2nc(-c3cccc4c3cnn4CCC(=O)O)no2)cc1Cl. The minimum Gasteiger partial charge on any atom is -0.489 e. The van der Waals surface area contributed by atoms with Crippen molar-refractivity contribution in [3.05, 3.63) is 47.6 Å². The van der Waals surface area contributed by atoms with E-state index in [1.54, 1.807) is 23.0 Å². The summed E-state index contributed by atoms with van der Waals surface area (Å²) in [7, 11) is 0. The monoisotopic (exact) mass is 426 g/mol. The van der Waals surface area contributed by atoms with Crippen LogP contribution in [0.3, 0.4) is 0 Å². The highest BCUT2D eigenvalue weighted by atomic mass is 35.5. The van der Waals surface area contributed by atoms with Crippen LogP contribution in [0.25, 0.3) is 33.7 Å². The summed E-state index contributed by atoms with van der Waals surface area (Å²) in [6.45, 7) is 4.14. The van der Waals surface area contributed by atoms with Crippen molar-refractivity contribution in [2.24, 2.45) is 0 Å². The van der Waals surface area contributed by atoms with Crippen molar-refractivity contribution in [1.29, 1.82) is 0 Å². The van der Waals surface area contributed by atoms with Crippen LogP contribution in [0.15, 0.2) is 47.1 Å². The molecule has 0 aliphatic carbocycles. The molecule has 0 bridgehead atoms. The molecule has 0 aliphatic rings. The molecule has 0 radical (unpaired) electrons. The first kappa shape index (κ1) is 19.9. The molecule has 0 spiro atoms. The lowest BCUT2D eigenvalue weighted by molar-refractivity contribution is -0.137. The third-order valence-electron chi connectivity index (χ3n) is 4.43. The summed E-state index contributed by atoms with van der Waals surface area (Å²) >= 11 is 6.31. The van der Waals surface area contributed by atoms with Crippen molar-refractivity contribution >= 4 is 28.5 Å². The predicted molar refractivity (Wildman–Crippen MR) is 111 cm³/mol. The minimum atomic E-state index is -0.874. The van der Waals surface area contributed by atoms with Gasteiger partial charge in [-0.3, -0.25) is 9.48 Å². The van der Waals surface area contributed by atoms with Crippen LogP contribution >= 0.6 is 11.6 Å². The van der Waals surface area contributed by atoms with Gasteiger partial charge in [0, 0.05) is 16.5 Å². The molecular weight excluding hydrogens is 408 g/mol. The Morgan fingerprint density at radius 1 is 1.30 bits per heavy atom. The summed E-state index contributed by atoms with van der Waals surface area (Å²) in [6.07, 6.45) is 1.68. The number of carbonyl (C=O) groups is 1. The number of hydrogen-bond acceptors (Lipinski definition) is 6. The fourth-order valence-electron chi connectivity index (χ4n) is 3.11. The molecule has 9 heteroatoms. The lowest BCUT2D eigenvalue weighted by Gasteiger charge is -2.11. The fourth-order valence-corrected chi connectivity index (χ4v) is 3.34. The number of fused-ring (bicyclic) bond motifs is 1. The van der Waals surface area contributed by atoms with Gasteiger partial charge in [-0.1, -0.05) is 28.9 Å². The Morgan fingerprint density at radius 2 is 2.13 bits per heavy atom. The van der Waals surface area contributed by atoms with Gasteiger partial charge >= 0.3 is 5.97 Å². The second kappa shape index (κ2) is 8.16. The minimum absolute atomic E-state index is 0.00928. The number of aliphatic carboxylic acids is 1. The van der Waals surface area contributed by atoms with E-state index in [1.807, 2.05) is 38.1 Å². The Morgan fingerprint density at radius 3 is 2.87 bits per heavy atom. The number of rotatable bonds is 7. The van der Waals surface area contributed by atoms with Crippen LogP contribution in [-0.2, 0) is 11.3 Å². The zero-order valence-electron chi connectivity index (χ0n) is 16.4. The van der Waals surface area contributed by atoms with Gasteiger partial charge in [0.1, 0.15) is 5.75 Å². The van der Waals surface area contributed by atoms with Gasteiger partial charge in [0.15, 0.2) is 0 Å². The van der Waals surface area contributed by atoms with E-state index in [2.05, 4.69) is 15.2 Å². The smallest absolute Gasteiger partial charge is 0.305 e. The molecule has 0 atom stereocenters. The molecule has 0 amide bonds. The fraction of sp³-hybridized carbons (Fsp3) is 0.238. The van der Waals surface area contributed by atoms with Crippen LogP contribution in [0.4, 0.5) is 0 Å². The van der Waals surface area contributed by atoms with E-state index >= 15 is 0 Å². The third kappa shape index (κ3) is 3.99. The Labute approximate surface area is 177 Å². The van der Waals surface area contributed by atoms with Crippen molar-refractivity contribution in [1.82, 2.24) is 19.9 Å². The maximum Gasteiger partial charge on any atom is 0.305 e. The molecule has 4 aromatic rings. The first-order chi connectivity index (χ1) is 14.4.